The molecule has 5 rings (SSSR count). The fourth-order valence-electron chi connectivity index (χ4n) is 3.98. The van der Waals surface area contributed by atoms with Gasteiger partial charge in [0.25, 0.3) is 5.91 Å². The lowest BCUT2D eigenvalue weighted by atomic mass is 10.2. The summed E-state index contributed by atoms with van der Waals surface area (Å²) in [5.41, 5.74) is 1.35. The number of rotatable bonds is 10. The Morgan fingerprint density at radius 2 is 1.83 bits per heavy atom. The molecule has 3 aromatic carbocycles. The smallest absolute Gasteiger partial charge is 0.400 e. The van der Waals surface area contributed by atoms with Gasteiger partial charge in [0, 0.05) is 18.7 Å². The molecule has 0 radical (unpaired) electrons. The molecule has 0 bridgehead atoms. The summed E-state index contributed by atoms with van der Waals surface area (Å²) in [4.78, 5) is 28.3. The Bertz CT molecular complexity index is 1890. The predicted octanol–water partition coefficient (Wildman–Crippen LogP) is 5.83. The van der Waals surface area contributed by atoms with Crippen LogP contribution in [0.25, 0.3) is 10.2 Å². The molecule has 0 aliphatic rings. The first kappa shape index (κ1) is 28.7. The summed E-state index contributed by atoms with van der Waals surface area (Å²) in [6.45, 7) is 2.17. The fraction of sp³-hybridized carbons (Fsp3) is 0.107. The Labute approximate surface area is 243 Å². The summed E-state index contributed by atoms with van der Waals surface area (Å²) in [6, 6.07) is 21.0. The molecule has 5 aromatic rings. The highest BCUT2D eigenvalue weighted by molar-refractivity contribution is 7.89. The minimum atomic E-state index is -3.87. The van der Waals surface area contributed by atoms with Crippen LogP contribution in [0.15, 0.2) is 99.3 Å². The van der Waals surface area contributed by atoms with Crippen LogP contribution >= 0.6 is 11.3 Å². The molecule has 11 nitrogen and oxygen atoms in total. The van der Waals surface area contributed by atoms with E-state index >= 15 is 0 Å². The second-order valence-corrected chi connectivity index (χ2v) is 11.8. The Morgan fingerprint density at radius 1 is 1.10 bits per heavy atom. The molecule has 0 aliphatic heterocycles. The van der Waals surface area contributed by atoms with Crippen LogP contribution in [0, 0.1) is 15.9 Å². The third-order valence-electron chi connectivity index (χ3n) is 6.10. The number of anilines is 1. The largest absolute Gasteiger partial charge is 0.433 e. The SMILES string of the molecule is CCN(Cc1ccccc1)S(=O)(=O)c1ccc(C(=O)N(/N=C/c2ccc([N+](=O)[O-])o2)c2nc3ccc(F)cc3s2)cc1. The maximum absolute atomic E-state index is 13.8. The summed E-state index contributed by atoms with van der Waals surface area (Å²) < 4.78 is 47.4. The number of amides is 1. The van der Waals surface area contributed by atoms with Gasteiger partial charge < -0.3 is 4.42 Å². The minimum absolute atomic E-state index is 0.00485. The van der Waals surface area contributed by atoms with Crippen molar-refractivity contribution in [2.75, 3.05) is 11.6 Å². The van der Waals surface area contributed by atoms with Crippen LogP contribution in [0.5, 0.6) is 0 Å². The molecule has 0 aliphatic carbocycles. The van der Waals surface area contributed by atoms with Gasteiger partial charge in [0.15, 0.2) is 5.76 Å². The molecule has 0 saturated heterocycles. The van der Waals surface area contributed by atoms with Crippen LogP contribution < -0.4 is 5.01 Å². The molecule has 214 valence electrons. The number of benzene rings is 3. The summed E-state index contributed by atoms with van der Waals surface area (Å²) in [5.74, 6) is -1.65. The molecule has 0 unspecified atom stereocenters. The monoisotopic (exact) mass is 607 g/mol. The molecule has 42 heavy (non-hydrogen) atoms. The summed E-state index contributed by atoms with van der Waals surface area (Å²) >= 11 is 1.00. The van der Waals surface area contributed by atoms with Crippen LogP contribution in [0.3, 0.4) is 0 Å². The number of fused-ring (bicyclic) bond motifs is 1. The van der Waals surface area contributed by atoms with Crippen LogP contribution in [0.2, 0.25) is 0 Å². The zero-order chi connectivity index (χ0) is 29.9. The third kappa shape index (κ3) is 6.10. The van der Waals surface area contributed by atoms with Gasteiger partial charge in [0.1, 0.15) is 10.7 Å². The van der Waals surface area contributed by atoms with E-state index in [0.717, 1.165) is 34.2 Å². The highest BCUT2D eigenvalue weighted by atomic mass is 32.2. The highest BCUT2D eigenvalue weighted by Gasteiger charge is 2.26. The first-order chi connectivity index (χ1) is 20.2. The van der Waals surface area contributed by atoms with Gasteiger partial charge in [-0.05, 0) is 54.1 Å². The number of hydrogen-bond acceptors (Lipinski definition) is 9. The van der Waals surface area contributed by atoms with Gasteiger partial charge in [0.05, 0.1) is 27.4 Å². The van der Waals surface area contributed by atoms with E-state index < -0.39 is 32.6 Å². The average molecular weight is 608 g/mol. The molecule has 2 heterocycles. The fourth-order valence-corrected chi connectivity index (χ4v) is 6.37. The lowest BCUT2D eigenvalue weighted by molar-refractivity contribution is -0.402. The van der Waals surface area contributed by atoms with Crippen molar-refractivity contribution in [2.45, 2.75) is 18.4 Å². The zero-order valence-corrected chi connectivity index (χ0v) is 23.6. The second kappa shape index (κ2) is 12.0. The molecule has 0 N–H and O–H groups in total. The van der Waals surface area contributed by atoms with Gasteiger partial charge in [-0.15, -0.1) is 0 Å². The maximum Gasteiger partial charge on any atom is 0.433 e. The Kier molecular flexibility index (Phi) is 8.20. The van der Waals surface area contributed by atoms with Gasteiger partial charge in [-0.25, -0.2) is 17.8 Å². The number of hydrazone groups is 1. The molecule has 1 amide bonds. The number of thiazole rings is 1. The van der Waals surface area contributed by atoms with Crippen molar-refractivity contribution in [3.63, 3.8) is 0 Å². The first-order valence-corrected chi connectivity index (χ1v) is 14.7. The standard InChI is InChI=1S/C28H22FN5O6S2/c1-2-32(18-19-6-4-3-5-7-19)42(38,39)23-12-8-20(9-13-23)27(35)33(30-17-22-11-15-26(40-22)34(36)37)28-31-24-14-10-21(29)16-25(24)41-28/h3-17H,2,18H2,1H3/b30-17+. The Balaban J connectivity index is 1.45. The Morgan fingerprint density at radius 3 is 2.50 bits per heavy atom. The average Bonchev–Trinajstić information content (AvgIpc) is 3.64. The van der Waals surface area contributed by atoms with Gasteiger partial charge >= 0.3 is 5.88 Å². The number of furan rings is 1. The van der Waals surface area contributed by atoms with Crippen LogP contribution in [0.1, 0.15) is 28.6 Å². The third-order valence-corrected chi connectivity index (χ3v) is 9.03. The van der Waals surface area contributed by atoms with E-state index in [9.17, 15) is 27.7 Å². The molecule has 2 aromatic heterocycles. The number of sulfonamides is 1. The van der Waals surface area contributed by atoms with Crippen molar-refractivity contribution in [1.82, 2.24) is 9.29 Å². The van der Waals surface area contributed by atoms with E-state index in [1.165, 1.54) is 52.8 Å². The van der Waals surface area contributed by atoms with E-state index in [1.54, 1.807) is 6.92 Å². The molecule has 0 fully saturated rings. The highest BCUT2D eigenvalue weighted by Crippen LogP contribution is 2.31. The van der Waals surface area contributed by atoms with E-state index in [0.29, 0.717) is 10.2 Å². The van der Waals surface area contributed by atoms with Gasteiger partial charge in [0.2, 0.25) is 15.2 Å². The molecule has 14 heteroatoms. The maximum atomic E-state index is 13.8. The summed E-state index contributed by atoms with van der Waals surface area (Å²) in [5, 5.41) is 16.2. The predicted molar refractivity (Wildman–Crippen MR) is 155 cm³/mol. The summed E-state index contributed by atoms with van der Waals surface area (Å²) in [7, 11) is -3.87. The quantitative estimate of drug-likeness (QED) is 0.111. The Hall–Kier alpha value is -4.79. The molecule has 0 spiro atoms. The molecule has 0 atom stereocenters. The van der Waals surface area contributed by atoms with Crippen LogP contribution in [-0.4, -0.2) is 41.3 Å². The lowest BCUT2D eigenvalue weighted by Crippen LogP contribution is -2.30. The van der Waals surface area contributed by atoms with Crippen LogP contribution in [-0.2, 0) is 16.6 Å². The van der Waals surface area contributed by atoms with Gasteiger partial charge in [-0.2, -0.15) is 14.4 Å². The van der Waals surface area contributed by atoms with E-state index in [-0.39, 0.29) is 34.4 Å². The van der Waals surface area contributed by atoms with E-state index in [4.69, 9.17) is 4.42 Å². The number of aromatic nitrogens is 1. The first-order valence-electron chi connectivity index (χ1n) is 12.5. The van der Waals surface area contributed by atoms with Crippen molar-refractivity contribution >= 4 is 54.7 Å². The van der Waals surface area contributed by atoms with E-state index in [1.807, 2.05) is 30.3 Å². The summed E-state index contributed by atoms with van der Waals surface area (Å²) in [6.07, 6.45) is 1.11. The van der Waals surface area contributed by atoms with Gasteiger partial charge in [-0.3, -0.25) is 14.9 Å². The number of halogens is 1. The number of carbonyl (C=O) groups excluding carboxylic acids is 1. The number of hydrogen-bond donors (Lipinski definition) is 0. The van der Waals surface area contributed by atoms with Crippen molar-refractivity contribution < 1.29 is 26.9 Å². The number of nitro groups is 1. The second-order valence-electron chi connectivity index (χ2n) is 8.84. The van der Waals surface area contributed by atoms with E-state index in [2.05, 4.69) is 10.1 Å². The van der Waals surface area contributed by atoms with Crippen molar-refractivity contribution in [3.8, 4) is 0 Å². The molecular formula is C28H22FN5O6S2. The van der Waals surface area contributed by atoms with Gasteiger partial charge in [-0.1, -0.05) is 48.6 Å². The minimum Gasteiger partial charge on any atom is -0.400 e. The van der Waals surface area contributed by atoms with Crippen molar-refractivity contribution in [3.05, 3.63) is 118 Å². The van der Waals surface area contributed by atoms with Crippen LogP contribution in [0.4, 0.5) is 15.4 Å². The van der Waals surface area contributed by atoms with Crippen molar-refractivity contribution in [1.29, 1.82) is 0 Å². The van der Waals surface area contributed by atoms with Crippen molar-refractivity contribution in [2.24, 2.45) is 5.10 Å². The molecular weight excluding hydrogens is 585 g/mol. The normalized spacial score (nSPS) is 11.9. The number of carbonyl (C=O) groups is 1. The zero-order valence-electron chi connectivity index (χ0n) is 22.0. The topological polar surface area (TPSA) is 139 Å². The number of nitrogens with zero attached hydrogens (tertiary/aromatic N) is 5. The molecule has 0 saturated carbocycles. The lowest BCUT2D eigenvalue weighted by Gasteiger charge is -2.21.